The van der Waals surface area contributed by atoms with Gasteiger partial charge < -0.3 is 9.80 Å². The van der Waals surface area contributed by atoms with Crippen molar-refractivity contribution in [2.24, 2.45) is 0 Å². The largest absolute Gasteiger partial charge is 0.334 e. The monoisotopic (exact) mass is 257 g/mol. The quantitative estimate of drug-likeness (QED) is 0.828. The second kappa shape index (κ2) is 5.74. The number of hydrogen-bond donors (Lipinski definition) is 0. The minimum absolute atomic E-state index is 0.155. The van der Waals surface area contributed by atoms with Crippen molar-refractivity contribution in [3.8, 4) is 0 Å². The minimum Gasteiger partial charge on any atom is -0.334 e. The van der Waals surface area contributed by atoms with Gasteiger partial charge in [-0.25, -0.2) is 0 Å². The molecule has 1 amide bonds. The van der Waals surface area contributed by atoms with Gasteiger partial charge in [-0.05, 0) is 50.9 Å². The van der Waals surface area contributed by atoms with Crippen molar-refractivity contribution in [1.29, 1.82) is 0 Å². The molecule has 2 saturated heterocycles. The molecule has 101 valence electrons. The van der Waals surface area contributed by atoms with Crippen LogP contribution in [-0.2, 0) is 0 Å². The van der Waals surface area contributed by atoms with Crippen LogP contribution in [0, 0.1) is 6.07 Å². The number of amides is 1. The lowest BCUT2D eigenvalue weighted by molar-refractivity contribution is 0.0708. The molecule has 19 heavy (non-hydrogen) atoms. The van der Waals surface area contributed by atoms with Gasteiger partial charge in [0, 0.05) is 24.7 Å². The number of rotatable bonds is 3. The first-order chi connectivity index (χ1) is 9.34. The Morgan fingerprint density at radius 1 is 1.21 bits per heavy atom. The summed E-state index contributed by atoms with van der Waals surface area (Å²) in [5.41, 5.74) is 0.704. The SMILES string of the molecule is O=C(c1[c]cccc1)N1CCC[C@H]1CN1CCCC1. The van der Waals surface area contributed by atoms with Crippen LogP contribution in [0.1, 0.15) is 36.0 Å². The third kappa shape index (κ3) is 2.81. The molecule has 2 aliphatic rings. The van der Waals surface area contributed by atoms with Crippen molar-refractivity contribution in [3.63, 3.8) is 0 Å². The molecule has 0 aliphatic carbocycles. The Balaban J connectivity index is 1.67. The lowest BCUT2D eigenvalue weighted by Crippen LogP contribution is -2.42. The van der Waals surface area contributed by atoms with E-state index in [1.54, 1.807) is 0 Å². The van der Waals surface area contributed by atoms with Crippen molar-refractivity contribution in [2.75, 3.05) is 26.2 Å². The summed E-state index contributed by atoms with van der Waals surface area (Å²) in [6, 6.07) is 11.0. The van der Waals surface area contributed by atoms with Crippen LogP contribution in [0.2, 0.25) is 0 Å². The Hall–Kier alpha value is -1.35. The van der Waals surface area contributed by atoms with Gasteiger partial charge in [0.2, 0.25) is 0 Å². The highest BCUT2D eigenvalue weighted by atomic mass is 16.2. The third-order valence-electron chi connectivity index (χ3n) is 4.25. The van der Waals surface area contributed by atoms with E-state index in [2.05, 4.69) is 15.9 Å². The Labute approximate surface area is 115 Å². The maximum absolute atomic E-state index is 12.5. The van der Waals surface area contributed by atoms with Crippen molar-refractivity contribution in [3.05, 3.63) is 35.9 Å². The Bertz CT molecular complexity index is 426. The molecule has 1 atom stereocenters. The number of carbonyl (C=O) groups is 1. The van der Waals surface area contributed by atoms with Crippen molar-refractivity contribution in [2.45, 2.75) is 31.7 Å². The van der Waals surface area contributed by atoms with E-state index >= 15 is 0 Å². The standard InChI is InChI=1S/C16H21N2O/c19-16(14-7-2-1-3-8-14)18-12-6-9-15(18)13-17-10-4-5-11-17/h1-3,7,15H,4-6,9-13H2/t15-/m0/s1. The zero-order valence-corrected chi connectivity index (χ0v) is 11.3. The number of benzene rings is 1. The zero-order chi connectivity index (χ0) is 13.1. The van der Waals surface area contributed by atoms with E-state index in [-0.39, 0.29) is 5.91 Å². The van der Waals surface area contributed by atoms with Crippen LogP contribution in [0.4, 0.5) is 0 Å². The summed E-state index contributed by atoms with van der Waals surface area (Å²) >= 11 is 0. The van der Waals surface area contributed by atoms with E-state index in [0.29, 0.717) is 11.6 Å². The fourth-order valence-electron chi connectivity index (χ4n) is 3.24. The maximum atomic E-state index is 12.5. The van der Waals surface area contributed by atoms with Gasteiger partial charge in [0.15, 0.2) is 0 Å². The molecule has 1 radical (unpaired) electrons. The molecule has 3 nitrogen and oxygen atoms in total. The first kappa shape index (κ1) is 12.7. The van der Waals surface area contributed by atoms with Crippen LogP contribution in [-0.4, -0.2) is 47.9 Å². The smallest absolute Gasteiger partial charge is 0.254 e. The summed E-state index contributed by atoms with van der Waals surface area (Å²) in [6.07, 6.45) is 4.91. The summed E-state index contributed by atoms with van der Waals surface area (Å²) < 4.78 is 0. The molecule has 0 aromatic heterocycles. The first-order valence-electron chi connectivity index (χ1n) is 7.34. The van der Waals surface area contributed by atoms with Gasteiger partial charge in [0.05, 0.1) is 0 Å². The fraction of sp³-hybridized carbons (Fsp3) is 0.562. The highest BCUT2D eigenvalue weighted by molar-refractivity contribution is 5.94. The summed E-state index contributed by atoms with van der Waals surface area (Å²) in [6.45, 7) is 4.37. The molecule has 3 heteroatoms. The Morgan fingerprint density at radius 2 is 2.05 bits per heavy atom. The molecule has 1 aromatic rings. The van der Waals surface area contributed by atoms with Crippen LogP contribution >= 0.6 is 0 Å². The molecule has 0 N–H and O–H groups in total. The second-order valence-corrected chi connectivity index (χ2v) is 5.58. The average Bonchev–Trinajstić information content (AvgIpc) is 3.11. The van der Waals surface area contributed by atoms with Crippen LogP contribution in [0.5, 0.6) is 0 Å². The van der Waals surface area contributed by atoms with Crippen LogP contribution in [0.15, 0.2) is 24.3 Å². The average molecular weight is 257 g/mol. The number of nitrogens with zero attached hydrogens (tertiary/aromatic N) is 2. The number of likely N-dealkylation sites (tertiary alicyclic amines) is 2. The van der Waals surface area contributed by atoms with Crippen LogP contribution < -0.4 is 0 Å². The minimum atomic E-state index is 0.155. The van der Waals surface area contributed by atoms with Crippen molar-refractivity contribution < 1.29 is 4.79 Å². The van der Waals surface area contributed by atoms with Crippen molar-refractivity contribution in [1.82, 2.24) is 9.80 Å². The molecular weight excluding hydrogens is 236 g/mol. The van der Waals surface area contributed by atoms with Crippen LogP contribution in [0.3, 0.4) is 0 Å². The predicted octanol–water partition coefficient (Wildman–Crippen LogP) is 2.19. The fourth-order valence-corrected chi connectivity index (χ4v) is 3.24. The molecule has 2 heterocycles. The van der Waals surface area contributed by atoms with E-state index in [9.17, 15) is 4.79 Å². The van der Waals surface area contributed by atoms with Crippen LogP contribution in [0.25, 0.3) is 0 Å². The molecule has 1 aromatic carbocycles. The van der Waals surface area contributed by atoms with E-state index < -0.39 is 0 Å². The zero-order valence-electron chi connectivity index (χ0n) is 11.3. The predicted molar refractivity (Wildman–Crippen MR) is 75.0 cm³/mol. The molecule has 0 saturated carbocycles. The molecular formula is C16H21N2O. The molecule has 0 bridgehead atoms. The summed E-state index contributed by atoms with van der Waals surface area (Å²) in [7, 11) is 0. The van der Waals surface area contributed by atoms with Gasteiger partial charge >= 0.3 is 0 Å². The van der Waals surface area contributed by atoms with E-state index in [0.717, 1.165) is 25.9 Å². The van der Waals surface area contributed by atoms with Gasteiger partial charge in [0.25, 0.3) is 5.91 Å². The highest BCUT2D eigenvalue weighted by Gasteiger charge is 2.31. The molecule has 0 spiro atoms. The molecule has 0 unspecified atom stereocenters. The Morgan fingerprint density at radius 3 is 2.79 bits per heavy atom. The first-order valence-corrected chi connectivity index (χ1v) is 7.34. The summed E-state index contributed by atoms with van der Waals surface area (Å²) in [4.78, 5) is 17.1. The van der Waals surface area contributed by atoms with E-state index in [1.165, 1.54) is 25.9 Å². The molecule has 2 fully saturated rings. The topological polar surface area (TPSA) is 23.6 Å². The van der Waals surface area contributed by atoms with Gasteiger partial charge in [-0.2, -0.15) is 0 Å². The molecule has 3 rings (SSSR count). The number of carbonyl (C=O) groups excluding carboxylic acids is 1. The van der Waals surface area contributed by atoms with Gasteiger partial charge in [-0.15, -0.1) is 0 Å². The van der Waals surface area contributed by atoms with E-state index in [1.807, 2.05) is 24.3 Å². The van der Waals surface area contributed by atoms with Gasteiger partial charge in [-0.1, -0.05) is 18.2 Å². The van der Waals surface area contributed by atoms with Crippen molar-refractivity contribution >= 4 is 5.91 Å². The Kier molecular flexibility index (Phi) is 3.83. The normalized spacial score (nSPS) is 24.0. The lowest BCUT2D eigenvalue weighted by Gasteiger charge is -2.28. The maximum Gasteiger partial charge on any atom is 0.254 e. The number of hydrogen-bond acceptors (Lipinski definition) is 2. The second-order valence-electron chi connectivity index (χ2n) is 5.58. The highest BCUT2D eigenvalue weighted by Crippen LogP contribution is 2.22. The van der Waals surface area contributed by atoms with Gasteiger partial charge in [-0.3, -0.25) is 4.79 Å². The lowest BCUT2D eigenvalue weighted by atomic mass is 10.1. The summed E-state index contributed by atoms with van der Waals surface area (Å²) in [5, 5.41) is 0. The third-order valence-corrected chi connectivity index (χ3v) is 4.25. The molecule has 2 aliphatic heterocycles. The van der Waals surface area contributed by atoms with Gasteiger partial charge in [0.1, 0.15) is 0 Å². The van der Waals surface area contributed by atoms with E-state index in [4.69, 9.17) is 0 Å². The summed E-state index contributed by atoms with van der Waals surface area (Å²) in [5.74, 6) is 0.155.